The topological polar surface area (TPSA) is 97.0 Å². The first-order valence-corrected chi connectivity index (χ1v) is 9.82. The largest absolute Gasteiger partial charge is 0.490 e. The van der Waals surface area contributed by atoms with E-state index in [0.717, 1.165) is 16.9 Å². The van der Waals surface area contributed by atoms with Crippen LogP contribution < -0.4 is 20.1 Å². The van der Waals surface area contributed by atoms with Crippen LogP contribution in [0.15, 0.2) is 48.5 Å². The average molecular weight is 409 g/mol. The highest BCUT2D eigenvalue weighted by Gasteiger charge is 2.49. The maximum atomic E-state index is 13.1. The quantitative estimate of drug-likeness (QED) is 0.736. The number of amides is 4. The number of benzene rings is 2. The fourth-order valence-corrected chi connectivity index (χ4v) is 3.51. The number of imide groups is 1. The molecule has 2 N–H and O–H groups in total. The minimum Gasteiger partial charge on any atom is -0.490 e. The lowest BCUT2D eigenvalue weighted by molar-refractivity contribution is -0.134. The van der Waals surface area contributed by atoms with Crippen LogP contribution in [0.2, 0.25) is 0 Å². The maximum Gasteiger partial charge on any atom is 0.325 e. The molecule has 2 aromatic carbocycles. The summed E-state index contributed by atoms with van der Waals surface area (Å²) in [6.45, 7) is 2.67. The van der Waals surface area contributed by atoms with E-state index in [2.05, 4.69) is 10.6 Å². The SMILES string of the molecule is C[C@@]1(c2ccc3c(c2)OCCCO3)NC(=O)N(CC(=O)NCc2ccccc2)C1=O. The van der Waals surface area contributed by atoms with Gasteiger partial charge in [0.2, 0.25) is 5.91 Å². The Balaban J connectivity index is 1.46. The van der Waals surface area contributed by atoms with Gasteiger partial charge in [-0.3, -0.25) is 14.5 Å². The third kappa shape index (κ3) is 3.80. The Bertz CT molecular complexity index is 978. The van der Waals surface area contributed by atoms with Gasteiger partial charge in [-0.1, -0.05) is 36.4 Å². The number of fused-ring (bicyclic) bond motifs is 1. The summed E-state index contributed by atoms with van der Waals surface area (Å²) < 4.78 is 11.3. The predicted octanol–water partition coefficient (Wildman–Crippen LogP) is 1.93. The third-order valence-electron chi connectivity index (χ3n) is 5.23. The van der Waals surface area contributed by atoms with Crippen LogP contribution in [-0.2, 0) is 21.7 Å². The second-order valence-corrected chi connectivity index (χ2v) is 7.42. The molecule has 156 valence electrons. The maximum absolute atomic E-state index is 13.1. The zero-order valence-electron chi connectivity index (χ0n) is 16.6. The zero-order valence-corrected chi connectivity index (χ0v) is 16.6. The van der Waals surface area contributed by atoms with Crippen molar-refractivity contribution in [1.82, 2.24) is 15.5 Å². The van der Waals surface area contributed by atoms with Gasteiger partial charge in [-0.25, -0.2) is 4.79 Å². The summed E-state index contributed by atoms with van der Waals surface area (Å²) in [5, 5.41) is 5.44. The minimum atomic E-state index is -1.29. The lowest BCUT2D eigenvalue weighted by Gasteiger charge is -2.23. The van der Waals surface area contributed by atoms with Crippen molar-refractivity contribution in [3.63, 3.8) is 0 Å². The van der Waals surface area contributed by atoms with E-state index in [9.17, 15) is 14.4 Å². The van der Waals surface area contributed by atoms with E-state index in [-0.39, 0.29) is 6.54 Å². The number of rotatable bonds is 5. The highest BCUT2D eigenvalue weighted by atomic mass is 16.5. The van der Waals surface area contributed by atoms with Crippen molar-refractivity contribution in [2.75, 3.05) is 19.8 Å². The van der Waals surface area contributed by atoms with E-state index in [4.69, 9.17) is 9.47 Å². The summed E-state index contributed by atoms with van der Waals surface area (Å²) in [6, 6.07) is 14.0. The molecule has 2 heterocycles. The van der Waals surface area contributed by atoms with Gasteiger partial charge < -0.3 is 20.1 Å². The minimum absolute atomic E-state index is 0.322. The van der Waals surface area contributed by atoms with E-state index >= 15 is 0 Å². The molecule has 8 nitrogen and oxygen atoms in total. The van der Waals surface area contributed by atoms with Crippen LogP contribution in [0, 0.1) is 0 Å². The molecule has 0 radical (unpaired) electrons. The molecule has 1 fully saturated rings. The average Bonchev–Trinajstić information content (AvgIpc) is 2.92. The number of nitrogens with zero attached hydrogens (tertiary/aromatic N) is 1. The smallest absolute Gasteiger partial charge is 0.325 e. The Morgan fingerprint density at radius 3 is 2.60 bits per heavy atom. The van der Waals surface area contributed by atoms with Gasteiger partial charge in [-0.15, -0.1) is 0 Å². The van der Waals surface area contributed by atoms with Crippen LogP contribution in [-0.4, -0.2) is 42.5 Å². The number of urea groups is 1. The molecule has 0 bridgehead atoms. The molecule has 0 spiro atoms. The highest BCUT2D eigenvalue weighted by molar-refractivity contribution is 6.09. The molecule has 8 heteroatoms. The van der Waals surface area contributed by atoms with Gasteiger partial charge in [0.1, 0.15) is 12.1 Å². The molecule has 0 saturated carbocycles. The van der Waals surface area contributed by atoms with Gasteiger partial charge in [-0.05, 0) is 30.2 Å². The summed E-state index contributed by atoms with van der Waals surface area (Å²) >= 11 is 0. The molecule has 0 unspecified atom stereocenters. The second-order valence-electron chi connectivity index (χ2n) is 7.42. The van der Waals surface area contributed by atoms with Crippen LogP contribution in [0.5, 0.6) is 11.5 Å². The number of carbonyl (C=O) groups excluding carboxylic acids is 3. The monoisotopic (exact) mass is 409 g/mol. The second kappa shape index (κ2) is 8.06. The molecule has 1 saturated heterocycles. The first-order chi connectivity index (χ1) is 14.5. The molecule has 4 amide bonds. The van der Waals surface area contributed by atoms with Crippen molar-refractivity contribution in [3.05, 3.63) is 59.7 Å². The molecule has 4 rings (SSSR count). The van der Waals surface area contributed by atoms with Crippen LogP contribution >= 0.6 is 0 Å². The van der Waals surface area contributed by atoms with Gasteiger partial charge in [0.05, 0.1) is 13.2 Å². The van der Waals surface area contributed by atoms with Crippen molar-refractivity contribution in [3.8, 4) is 11.5 Å². The van der Waals surface area contributed by atoms with Gasteiger partial charge in [0.15, 0.2) is 11.5 Å². The number of ether oxygens (including phenoxy) is 2. The van der Waals surface area contributed by atoms with Crippen molar-refractivity contribution < 1.29 is 23.9 Å². The Morgan fingerprint density at radius 2 is 1.83 bits per heavy atom. The molecule has 2 aliphatic rings. The summed E-state index contributed by atoms with van der Waals surface area (Å²) in [4.78, 5) is 38.8. The Kier molecular flexibility index (Phi) is 5.31. The standard InChI is InChI=1S/C22H23N3O5/c1-22(16-8-9-17-18(12-16)30-11-5-10-29-17)20(27)25(21(28)24-22)14-19(26)23-13-15-6-3-2-4-7-15/h2-4,6-9,12H,5,10-11,13-14H2,1H3,(H,23,26)(H,24,28)/t22-/m0/s1. The first kappa shape index (κ1) is 19.8. The summed E-state index contributed by atoms with van der Waals surface area (Å²) in [7, 11) is 0. The lowest BCUT2D eigenvalue weighted by atomic mass is 9.91. The lowest BCUT2D eigenvalue weighted by Crippen LogP contribution is -2.43. The van der Waals surface area contributed by atoms with Gasteiger partial charge in [0, 0.05) is 13.0 Å². The van der Waals surface area contributed by atoms with Crippen molar-refractivity contribution >= 4 is 17.8 Å². The van der Waals surface area contributed by atoms with Crippen molar-refractivity contribution in [1.29, 1.82) is 0 Å². The van der Waals surface area contributed by atoms with Crippen LogP contribution in [0.1, 0.15) is 24.5 Å². The molecule has 1 atom stereocenters. The fourth-order valence-electron chi connectivity index (χ4n) is 3.51. The Labute approximate surface area is 174 Å². The van der Waals surface area contributed by atoms with E-state index in [1.54, 1.807) is 25.1 Å². The van der Waals surface area contributed by atoms with Crippen LogP contribution in [0.4, 0.5) is 4.79 Å². The first-order valence-electron chi connectivity index (χ1n) is 9.82. The van der Waals surface area contributed by atoms with Gasteiger partial charge >= 0.3 is 6.03 Å². The summed E-state index contributed by atoms with van der Waals surface area (Å²) in [5.74, 6) is 0.239. The molecule has 2 aliphatic heterocycles. The summed E-state index contributed by atoms with van der Waals surface area (Å²) in [5.41, 5.74) is 0.207. The molecular formula is C22H23N3O5. The van der Waals surface area contributed by atoms with Gasteiger partial charge in [0.25, 0.3) is 5.91 Å². The van der Waals surface area contributed by atoms with E-state index in [1.807, 2.05) is 30.3 Å². The van der Waals surface area contributed by atoms with E-state index in [1.165, 1.54) is 0 Å². The predicted molar refractivity (Wildman–Crippen MR) is 108 cm³/mol. The molecular weight excluding hydrogens is 386 g/mol. The Morgan fingerprint density at radius 1 is 1.10 bits per heavy atom. The zero-order chi connectivity index (χ0) is 21.1. The van der Waals surface area contributed by atoms with Crippen molar-refractivity contribution in [2.24, 2.45) is 0 Å². The Hall–Kier alpha value is -3.55. The highest BCUT2D eigenvalue weighted by Crippen LogP contribution is 2.36. The summed E-state index contributed by atoms with van der Waals surface area (Å²) in [6.07, 6.45) is 0.767. The molecule has 2 aromatic rings. The van der Waals surface area contributed by atoms with Crippen molar-refractivity contribution in [2.45, 2.75) is 25.4 Å². The molecule has 0 aliphatic carbocycles. The van der Waals surface area contributed by atoms with Crippen LogP contribution in [0.25, 0.3) is 0 Å². The molecule has 0 aromatic heterocycles. The normalized spacial score (nSPS) is 20.5. The fraction of sp³-hybridized carbons (Fsp3) is 0.318. The molecule has 30 heavy (non-hydrogen) atoms. The van der Waals surface area contributed by atoms with E-state index < -0.39 is 23.4 Å². The van der Waals surface area contributed by atoms with E-state index in [0.29, 0.717) is 36.8 Å². The number of hydrogen-bond donors (Lipinski definition) is 2. The number of hydrogen-bond acceptors (Lipinski definition) is 5. The number of carbonyl (C=O) groups is 3. The van der Waals surface area contributed by atoms with Gasteiger partial charge in [-0.2, -0.15) is 0 Å². The van der Waals surface area contributed by atoms with Crippen LogP contribution in [0.3, 0.4) is 0 Å². The third-order valence-corrected chi connectivity index (χ3v) is 5.23. The number of nitrogens with one attached hydrogen (secondary N) is 2.